The van der Waals surface area contributed by atoms with Crippen molar-refractivity contribution in [1.29, 1.82) is 0 Å². The molecule has 1 unspecified atom stereocenters. The second-order valence-corrected chi connectivity index (χ2v) is 9.93. The molecule has 0 radical (unpaired) electrons. The minimum absolute atomic E-state index is 0.204. The zero-order chi connectivity index (χ0) is 25.8. The van der Waals surface area contributed by atoms with Gasteiger partial charge in [-0.15, -0.1) is 10.2 Å². The Kier molecular flexibility index (Phi) is 7.23. The molecule has 0 saturated heterocycles. The van der Waals surface area contributed by atoms with Crippen LogP contribution in [-0.2, 0) is 14.3 Å². The number of tetrazole rings is 1. The molecular weight excluding hydrogens is 514 g/mol. The van der Waals surface area contributed by atoms with Crippen molar-refractivity contribution in [2.45, 2.75) is 17.3 Å². The molecule has 1 N–H and O–H groups in total. The van der Waals surface area contributed by atoms with Crippen molar-refractivity contribution in [2.75, 3.05) is 24.8 Å². The number of ether oxygens (including phenoxy) is 2. The maximum absolute atomic E-state index is 13.2. The van der Waals surface area contributed by atoms with Gasteiger partial charge in [0.2, 0.25) is 5.95 Å². The summed E-state index contributed by atoms with van der Waals surface area (Å²) in [5, 5.41) is 24.6. The number of nitrogens with zero attached hydrogens (tertiary/aromatic N) is 6. The van der Waals surface area contributed by atoms with Crippen molar-refractivity contribution in [3.63, 3.8) is 0 Å². The van der Waals surface area contributed by atoms with Crippen molar-refractivity contribution in [2.24, 2.45) is 0 Å². The molecule has 0 bridgehead atoms. The topological polar surface area (TPSA) is 134 Å². The molecule has 1 atom stereocenters. The lowest BCUT2D eigenvalue weighted by Gasteiger charge is -2.28. The third kappa shape index (κ3) is 5.08. The molecule has 3 heterocycles. The van der Waals surface area contributed by atoms with Crippen LogP contribution in [0.4, 0.5) is 5.95 Å². The summed E-state index contributed by atoms with van der Waals surface area (Å²) in [6, 6.07) is 15.9. The van der Waals surface area contributed by atoms with Gasteiger partial charge >= 0.3 is 11.9 Å². The van der Waals surface area contributed by atoms with E-state index in [4.69, 9.17) is 9.47 Å². The second-order valence-electron chi connectivity index (χ2n) is 7.73. The number of fused-ring (bicyclic) bond motifs is 1. The van der Waals surface area contributed by atoms with E-state index in [9.17, 15) is 9.59 Å². The molecule has 4 aromatic rings. The number of rotatable bonds is 8. The third-order valence-electron chi connectivity index (χ3n) is 5.51. The summed E-state index contributed by atoms with van der Waals surface area (Å²) in [7, 11) is 1.32. The van der Waals surface area contributed by atoms with Crippen molar-refractivity contribution in [1.82, 2.24) is 30.4 Å². The first-order valence-corrected chi connectivity index (χ1v) is 13.0. The van der Waals surface area contributed by atoms with Crippen LogP contribution >= 0.6 is 23.1 Å². The van der Waals surface area contributed by atoms with Crippen molar-refractivity contribution in [3.8, 4) is 10.6 Å². The minimum atomic E-state index is -0.665. The Morgan fingerprint density at radius 2 is 1.84 bits per heavy atom. The van der Waals surface area contributed by atoms with Gasteiger partial charge in [-0.05, 0) is 35.0 Å². The Balaban J connectivity index is 1.49. The highest BCUT2D eigenvalue weighted by Crippen LogP contribution is 2.38. The zero-order valence-corrected chi connectivity index (χ0v) is 21.5. The molecule has 1 aliphatic rings. The molecule has 2 aromatic heterocycles. The molecule has 0 saturated carbocycles. The molecule has 0 spiro atoms. The number of methoxy groups -OCH3 is 1. The standard InChI is InChI=1S/C24H21N7O4S2/c1-3-35-22(33)18-17(13-36-24-28-26-20(37-24)15-7-5-4-6-8-15)25-23-27-29-30-31(23)19(18)14-9-11-16(12-10-14)21(32)34-2/h4-12,19H,3,13H2,1-2H3,(H,25,27,30). The van der Waals surface area contributed by atoms with Gasteiger partial charge in [0.1, 0.15) is 11.0 Å². The Morgan fingerprint density at radius 1 is 1.05 bits per heavy atom. The first-order valence-electron chi connectivity index (χ1n) is 11.2. The highest BCUT2D eigenvalue weighted by atomic mass is 32.2. The summed E-state index contributed by atoms with van der Waals surface area (Å²) in [6.45, 7) is 1.95. The normalized spacial score (nSPS) is 14.6. The summed E-state index contributed by atoms with van der Waals surface area (Å²) in [6.07, 6.45) is 0. The van der Waals surface area contributed by atoms with Gasteiger partial charge in [0, 0.05) is 17.0 Å². The van der Waals surface area contributed by atoms with Crippen LogP contribution in [-0.4, -0.2) is 61.8 Å². The van der Waals surface area contributed by atoms with E-state index in [2.05, 4.69) is 31.0 Å². The lowest BCUT2D eigenvalue weighted by atomic mass is 9.95. The molecule has 0 amide bonds. The first-order chi connectivity index (χ1) is 18.1. The molecule has 5 rings (SSSR count). The second kappa shape index (κ2) is 10.9. The van der Waals surface area contributed by atoms with Gasteiger partial charge < -0.3 is 14.8 Å². The molecule has 37 heavy (non-hydrogen) atoms. The van der Waals surface area contributed by atoms with Gasteiger partial charge in [-0.3, -0.25) is 0 Å². The van der Waals surface area contributed by atoms with Crippen LogP contribution in [0.15, 0.2) is 70.2 Å². The van der Waals surface area contributed by atoms with Gasteiger partial charge in [0.05, 0.1) is 24.9 Å². The fourth-order valence-corrected chi connectivity index (χ4v) is 5.65. The SMILES string of the molecule is CCOC(=O)C1=C(CSc2nnc(-c3ccccc3)s2)Nc2nnnn2C1c1ccc(C(=O)OC)cc1. The maximum atomic E-state index is 13.2. The summed E-state index contributed by atoms with van der Waals surface area (Å²) in [5.74, 6) is -0.185. The van der Waals surface area contributed by atoms with Crippen molar-refractivity contribution < 1.29 is 19.1 Å². The molecule has 0 aliphatic carbocycles. The van der Waals surface area contributed by atoms with E-state index in [1.54, 1.807) is 31.2 Å². The molecule has 11 nitrogen and oxygen atoms in total. The molecule has 2 aromatic carbocycles. The summed E-state index contributed by atoms with van der Waals surface area (Å²) in [4.78, 5) is 25.1. The van der Waals surface area contributed by atoms with Crippen LogP contribution in [0.5, 0.6) is 0 Å². The number of benzene rings is 2. The van der Waals surface area contributed by atoms with E-state index in [0.29, 0.717) is 34.1 Å². The molecule has 1 aliphatic heterocycles. The number of hydrogen-bond donors (Lipinski definition) is 1. The number of anilines is 1. The van der Waals surface area contributed by atoms with Gasteiger partial charge in [0.25, 0.3) is 0 Å². The number of esters is 2. The van der Waals surface area contributed by atoms with Gasteiger partial charge in [-0.1, -0.05) is 70.7 Å². The summed E-state index contributed by atoms with van der Waals surface area (Å²) in [5.41, 5.74) is 3.05. The van der Waals surface area contributed by atoms with E-state index >= 15 is 0 Å². The molecule has 188 valence electrons. The van der Waals surface area contributed by atoms with Gasteiger partial charge in [-0.2, -0.15) is 4.68 Å². The number of carbonyl (C=O) groups is 2. The van der Waals surface area contributed by atoms with Crippen molar-refractivity contribution in [3.05, 3.63) is 77.0 Å². The van der Waals surface area contributed by atoms with Gasteiger partial charge in [-0.25, -0.2) is 9.59 Å². The molecular formula is C24H21N7O4S2. The van der Waals surface area contributed by atoms with Crippen LogP contribution in [0, 0.1) is 0 Å². The van der Waals surface area contributed by atoms with Crippen LogP contribution in [0.3, 0.4) is 0 Å². The minimum Gasteiger partial charge on any atom is -0.465 e. The largest absolute Gasteiger partial charge is 0.465 e. The van der Waals surface area contributed by atoms with E-state index in [1.165, 1.54) is 34.9 Å². The number of nitrogens with one attached hydrogen (secondary N) is 1. The van der Waals surface area contributed by atoms with Gasteiger partial charge in [0.15, 0.2) is 4.34 Å². The van der Waals surface area contributed by atoms with Crippen LogP contribution in [0.1, 0.15) is 28.9 Å². The average molecular weight is 536 g/mol. The first kappa shape index (κ1) is 24.6. The Labute approximate surface area is 219 Å². The van der Waals surface area contributed by atoms with E-state index < -0.39 is 18.0 Å². The number of carbonyl (C=O) groups excluding carboxylic acids is 2. The van der Waals surface area contributed by atoms with Crippen LogP contribution in [0.2, 0.25) is 0 Å². The van der Waals surface area contributed by atoms with E-state index in [0.717, 1.165) is 14.9 Å². The fourth-order valence-electron chi connectivity index (χ4n) is 3.82. The Morgan fingerprint density at radius 3 is 2.57 bits per heavy atom. The summed E-state index contributed by atoms with van der Waals surface area (Å²) >= 11 is 2.91. The Hall–Kier alpha value is -4.10. The van der Waals surface area contributed by atoms with Crippen molar-refractivity contribution >= 4 is 41.0 Å². The Bertz CT molecular complexity index is 1450. The number of hydrogen-bond acceptors (Lipinski definition) is 12. The van der Waals surface area contributed by atoms with Crippen LogP contribution < -0.4 is 5.32 Å². The smallest absolute Gasteiger partial charge is 0.338 e. The number of aromatic nitrogens is 6. The highest BCUT2D eigenvalue weighted by molar-refractivity contribution is 8.01. The molecule has 13 heteroatoms. The fraction of sp³-hybridized carbons (Fsp3) is 0.208. The third-order valence-corrected chi connectivity index (χ3v) is 7.64. The van der Waals surface area contributed by atoms with E-state index in [1.807, 2.05) is 30.3 Å². The zero-order valence-electron chi connectivity index (χ0n) is 19.8. The lowest BCUT2D eigenvalue weighted by Crippen LogP contribution is -2.31. The maximum Gasteiger partial charge on any atom is 0.338 e. The average Bonchev–Trinajstić information content (AvgIpc) is 3.61. The molecule has 0 fully saturated rings. The highest BCUT2D eigenvalue weighted by Gasteiger charge is 2.36. The van der Waals surface area contributed by atoms with E-state index in [-0.39, 0.29) is 6.61 Å². The lowest BCUT2D eigenvalue weighted by molar-refractivity contribution is -0.139. The predicted octanol–water partition coefficient (Wildman–Crippen LogP) is 3.60. The monoisotopic (exact) mass is 535 g/mol. The quantitative estimate of drug-likeness (QED) is 0.262. The van der Waals surface area contributed by atoms with Crippen LogP contribution in [0.25, 0.3) is 10.6 Å². The predicted molar refractivity (Wildman–Crippen MR) is 137 cm³/mol. The summed E-state index contributed by atoms with van der Waals surface area (Å²) < 4.78 is 12.5. The number of thioether (sulfide) groups is 1.